The Balaban J connectivity index is 2.09. The normalized spacial score (nSPS) is 16.7. The van der Waals surface area contributed by atoms with Crippen molar-refractivity contribution in [3.8, 4) is 0 Å². The molecule has 1 aliphatic carbocycles. The lowest BCUT2D eigenvalue weighted by atomic mass is 10.3. The van der Waals surface area contributed by atoms with Gasteiger partial charge in [-0.25, -0.2) is 0 Å². The van der Waals surface area contributed by atoms with Gasteiger partial charge in [-0.1, -0.05) is 16.5 Å². The van der Waals surface area contributed by atoms with Gasteiger partial charge in [0.1, 0.15) is 5.84 Å². The highest BCUT2D eigenvalue weighted by Crippen LogP contribution is 2.38. The number of rotatable bonds is 5. The average Bonchev–Trinajstić information content (AvgIpc) is 3.04. The molecular weight excluding hydrogens is 283 g/mol. The molecule has 106 valence electrons. The van der Waals surface area contributed by atoms with Gasteiger partial charge in [-0.2, -0.15) is 13.2 Å². The van der Waals surface area contributed by atoms with Gasteiger partial charge in [0.05, 0.1) is 0 Å². The summed E-state index contributed by atoms with van der Waals surface area (Å²) in [7, 11) is 0. The van der Waals surface area contributed by atoms with Crippen molar-refractivity contribution in [2.75, 3.05) is 11.4 Å². The molecule has 19 heavy (non-hydrogen) atoms. The monoisotopic (exact) mass is 295 g/mol. The molecule has 0 bridgehead atoms. The van der Waals surface area contributed by atoms with Gasteiger partial charge in [0.15, 0.2) is 0 Å². The first-order valence-electron chi connectivity index (χ1n) is 5.55. The molecular formula is C9H12F3N5OS. The van der Waals surface area contributed by atoms with Gasteiger partial charge < -0.3 is 15.8 Å². The van der Waals surface area contributed by atoms with Crippen LogP contribution in [0.5, 0.6) is 0 Å². The number of anilines is 1. The molecule has 1 aliphatic rings. The minimum absolute atomic E-state index is 0.0335. The summed E-state index contributed by atoms with van der Waals surface area (Å²) < 4.78 is 37.4. The van der Waals surface area contributed by atoms with Crippen LogP contribution in [0.3, 0.4) is 0 Å². The fourth-order valence-electron chi connectivity index (χ4n) is 1.55. The van der Waals surface area contributed by atoms with E-state index in [-0.39, 0.29) is 23.4 Å². The zero-order valence-corrected chi connectivity index (χ0v) is 10.6. The van der Waals surface area contributed by atoms with E-state index in [1.54, 1.807) is 4.90 Å². The SMILES string of the molecule is NC(CCN(c1nnc(C(F)(F)F)s1)C1CC1)=NO. The highest BCUT2D eigenvalue weighted by Gasteiger charge is 2.38. The average molecular weight is 295 g/mol. The van der Waals surface area contributed by atoms with Crippen molar-refractivity contribution < 1.29 is 18.4 Å². The zero-order chi connectivity index (χ0) is 14.0. The number of aromatic nitrogens is 2. The van der Waals surface area contributed by atoms with E-state index >= 15 is 0 Å². The number of oxime groups is 1. The Bertz CT molecular complexity index is 471. The molecule has 1 aromatic heterocycles. The Morgan fingerprint density at radius 1 is 1.47 bits per heavy atom. The van der Waals surface area contributed by atoms with E-state index in [1.807, 2.05) is 0 Å². The standard InChI is InChI=1S/C9H12F3N5OS/c10-9(11,12)7-14-15-8(19-7)17(5-1-2-5)4-3-6(13)16-18/h5,18H,1-4H2,(H2,13,16). The molecule has 0 spiro atoms. The quantitative estimate of drug-likeness (QED) is 0.373. The number of amidine groups is 1. The second-order valence-electron chi connectivity index (χ2n) is 4.15. The Morgan fingerprint density at radius 2 is 2.16 bits per heavy atom. The highest BCUT2D eigenvalue weighted by atomic mass is 32.1. The van der Waals surface area contributed by atoms with Crippen LogP contribution in [-0.4, -0.2) is 33.8 Å². The van der Waals surface area contributed by atoms with E-state index in [1.165, 1.54) is 0 Å². The molecule has 1 aromatic rings. The van der Waals surface area contributed by atoms with Crippen LogP contribution in [0, 0.1) is 0 Å². The van der Waals surface area contributed by atoms with Gasteiger partial charge in [-0.3, -0.25) is 0 Å². The number of hydrogen-bond donors (Lipinski definition) is 2. The molecule has 3 N–H and O–H groups in total. The van der Waals surface area contributed by atoms with Crippen molar-refractivity contribution >= 4 is 22.3 Å². The largest absolute Gasteiger partial charge is 0.445 e. The van der Waals surface area contributed by atoms with Crippen LogP contribution in [0.25, 0.3) is 0 Å². The molecule has 1 fully saturated rings. The predicted octanol–water partition coefficient (Wildman–Crippen LogP) is 1.66. The molecule has 0 atom stereocenters. The first kappa shape index (κ1) is 13.8. The fraction of sp³-hybridized carbons (Fsp3) is 0.667. The van der Waals surface area contributed by atoms with Crippen LogP contribution >= 0.6 is 11.3 Å². The number of alkyl halides is 3. The third kappa shape index (κ3) is 3.46. The maximum absolute atomic E-state index is 12.5. The van der Waals surface area contributed by atoms with Gasteiger partial charge in [0.25, 0.3) is 0 Å². The molecule has 0 unspecified atom stereocenters. The second-order valence-corrected chi connectivity index (χ2v) is 5.11. The van der Waals surface area contributed by atoms with Crippen LogP contribution in [0.1, 0.15) is 24.3 Å². The van der Waals surface area contributed by atoms with Gasteiger partial charge in [0.2, 0.25) is 10.1 Å². The summed E-state index contributed by atoms with van der Waals surface area (Å²) in [6, 6.07) is 0.167. The molecule has 0 radical (unpaired) electrons. The lowest BCUT2D eigenvalue weighted by Crippen LogP contribution is -2.30. The molecule has 2 rings (SSSR count). The minimum atomic E-state index is -4.48. The lowest BCUT2D eigenvalue weighted by Gasteiger charge is -2.20. The van der Waals surface area contributed by atoms with Crippen LogP contribution in [0.2, 0.25) is 0 Å². The topological polar surface area (TPSA) is 87.6 Å². The second kappa shape index (κ2) is 5.19. The summed E-state index contributed by atoms with van der Waals surface area (Å²) in [5.41, 5.74) is 5.36. The maximum atomic E-state index is 12.5. The molecule has 0 saturated heterocycles. The van der Waals surface area contributed by atoms with Gasteiger partial charge in [-0.05, 0) is 12.8 Å². The summed E-state index contributed by atoms with van der Waals surface area (Å²) >= 11 is 0.511. The molecule has 0 aliphatic heterocycles. The number of hydrogen-bond acceptors (Lipinski definition) is 6. The van der Waals surface area contributed by atoms with Gasteiger partial charge in [-0.15, -0.1) is 10.2 Å². The summed E-state index contributed by atoms with van der Waals surface area (Å²) in [4.78, 5) is 1.73. The smallest absolute Gasteiger partial charge is 0.409 e. The highest BCUT2D eigenvalue weighted by molar-refractivity contribution is 7.15. The lowest BCUT2D eigenvalue weighted by molar-refractivity contribution is -0.138. The van der Waals surface area contributed by atoms with Crippen molar-refractivity contribution in [3.63, 3.8) is 0 Å². The van der Waals surface area contributed by atoms with E-state index < -0.39 is 11.2 Å². The maximum Gasteiger partial charge on any atom is 0.445 e. The third-order valence-electron chi connectivity index (χ3n) is 2.63. The molecule has 0 aromatic carbocycles. The number of nitrogens with two attached hydrogens (primary N) is 1. The van der Waals surface area contributed by atoms with E-state index in [9.17, 15) is 13.2 Å². The van der Waals surface area contributed by atoms with Crippen LogP contribution in [0.4, 0.5) is 18.3 Å². The van der Waals surface area contributed by atoms with Crippen LogP contribution in [-0.2, 0) is 6.18 Å². The molecule has 1 saturated carbocycles. The fourth-order valence-corrected chi connectivity index (χ4v) is 2.36. The first-order chi connectivity index (χ1) is 8.91. The Labute approximate surface area is 110 Å². The summed E-state index contributed by atoms with van der Waals surface area (Å²) in [5, 5.41) is 17.3. The van der Waals surface area contributed by atoms with E-state index in [2.05, 4.69) is 15.4 Å². The number of nitrogens with zero attached hydrogens (tertiary/aromatic N) is 4. The Morgan fingerprint density at radius 3 is 2.63 bits per heavy atom. The molecule has 10 heteroatoms. The Kier molecular flexibility index (Phi) is 3.78. The van der Waals surface area contributed by atoms with E-state index in [0.717, 1.165) is 12.8 Å². The van der Waals surface area contributed by atoms with Gasteiger partial charge >= 0.3 is 6.18 Å². The van der Waals surface area contributed by atoms with Crippen molar-refractivity contribution in [2.24, 2.45) is 10.9 Å². The van der Waals surface area contributed by atoms with E-state index in [0.29, 0.717) is 17.9 Å². The van der Waals surface area contributed by atoms with Crippen molar-refractivity contribution in [1.29, 1.82) is 0 Å². The summed E-state index contributed by atoms with van der Waals surface area (Å²) in [6.45, 7) is 0.354. The molecule has 0 amide bonds. The van der Waals surface area contributed by atoms with Gasteiger partial charge in [0, 0.05) is 19.0 Å². The van der Waals surface area contributed by atoms with Crippen LogP contribution < -0.4 is 10.6 Å². The molecule has 6 nitrogen and oxygen atoms in total. The number of halogens is 3. The molecule has 1 heterocycles. The zero-order valence-electron chi connectivity index (χ0n) is 9.76. The summed E-state index contributed by atoms with van der Waals surface area (Å²) in [6.07, 6.45) is -2.42. The first-order valence-corrected chi connectivity index (χ1v) is 6.37. The minimum Gasteiger partial charge on any atom is -0.409 e. The van der Waals surface area contributed by atoms with Crippen molar-refractivity contribution in [2.45, 2.75) is 31.5 Å². The Hall–Kier alpha value is -1.58. The summed E-state index contributed by atoms with van der Waals surface area (Å²) in [5.74, 6) is 0.0335. The predicted molar refractivity (Wildman–Crippen MR) is 63.3 cm³/mol. The third-order valence-corrected chi connectivity index (χ3v) is 3.63. The van der Waals surface area contributed by atoms with Crippen molar-refractivity contribution in [3.05, 3.63) is 5.01 Å². The van der Waals surface area contributed by atoms with Crippen LogP contribution in [0.15, 0.2) is 5.16 Å². The van der Waals surface area contributed by atoms with Crippen molar-refractivity contribution in [1.82, 2.24) is 10.2 Å². The van der Waals surface area contributed by atoms with E-state index in [4.69, 9.17) is 10.9 Å².